The Hall–Kier alpha value is -2.44. The molecule has 1 saturated heterocycles. The first-order chi connectivity index (χ1) is 14.9. The van der Waals surface area contributed by atoms with E-state index in [-0.39, 0.29) is 23.6 Å². The summed E-state index contributed by atoms with van der Waals surface area (Å²) in [5.41, 5.74) is -0.889. The highest BCUT2D eigenvalue weighted by Gasteiger charge is 2.50. The van der Waals surface area contributed by atoms with Gasteiger partial charge < -0.3 is 15.0 Å². The molecule has 166 valence electrons. The Kier molecular flexibility index (Phi) is 6.04. The first-order valence-electron chi connectivity index (χ1n) is 10.7. The van der Waals surface area contributed by atoms with Crippen LogP contribution < -0.4 is 5.32 Å². The van der Waals surface area contributed by atoms with Crippen LogP contribution in [0, 0.1) is 23.2 Å². The van der Waals surface area contributed by atoms with Crippen molar-refractivity contribution in [1.29, 1.82) is 5.26 Å². The highest BCUT2D eigenvalue weighted by molar-refractivity contribution is 7.92. The van der Waals surface area contributed by atoms with E-state index in [1.807, 2.05) is 0 Å². The zero-order valence-electron chi connectivity index (χ0n) is 17.3. The van der Waals surface area contributed by atoms with E-state index < -0.39 is 38.4 Å². The summed E-state index contributed by atoms with van der Waals surface area (Å²) in [5.74, 6) is -2.09. The number of amides is 2. The molecule has 31 heavy (non-hydrogen) atoms. The average Bonchev–Trinajstić information content (AvgIpc) is 3.23. The van der Waals surface area contributed by atoms with Gasteiger partial charge in [-0.3, -0.25) is 9.59 Å². The van der Waals surface area contributed by atoms with Crippen molar-refractivity contribution in [3.05, 3.63) is 30.3 Å². The molecular formula is C22H27N3O5S. The Labute approximate surface area is 182 Å². The molecule has 2 amide bonds. The molecule has 3 unspecified atom stereocenters. The molecule has 0 bridgehead atoms. The second-order valence-electron chi connectivity index (χ2n) is 8.64. The number of morpholine rings is 1. The Bertz CT molecular complexity index is 978. The smallest absolute Gasteiger partial charge is 0.226 e. The lowest BCUT2D eigenvalue weighted by Crippen LogP contribution is -2.55. The van der Waals surface area contributed by atoms with Gasteiger partial charge in [-0.15, -0.1) is 0 Å². The van der Waals surface area contributed by atoms with E-state index in [9.17, 15) is 23.3 Å². The lowest BCUT2D eigenvalue weighted by molar-refractivity contribution is -0.144. The van der Waals surface area contributed by atoms with Crippen LogP contribution in [0.15, 0.2) is 35.2 Å². The van der Waals surface area contributed by atoms with Gasteiger partial charge in [0.25, 0.3) is 0 Å². The number of carbonyl (C=O) groups excluding carboxylic acids is 2. The fraction of sp³-hybridized carbons (Fsp3) is 0.591. The summed E-state index contributed by atoms with van der Waals surface area (Å²) >= 11 is 0. The van der Waals surface area contributed by atoms with E-state index in [1.54, 1.807) is 35.2 Å². The zero-order valence-corrected chi connectivity index (χ0v) is 18.1. The van der Waals surface area contributed by atoms with Crippen molar-refractivity contribution in [3.63, 3.8) is 0 Å². The van der Waals surface area contributed by atoms with Crippen LogP contribution >= 0.6 is 0 Å². The molecule has 1 aromatic carbocycles. The van der Waals surface area contributed by atoms with E-state index in [0.717, 1.165) is 6.42 Å². The maximum atomic E-state index is 13.3. The van der Waals surface area contributed by atoms with Gasteiger partial charge in [-0.25, -0.2) is 8.42 Å². The second kappa shape index (κ2) is 8.60. The maximum Gasteiger partial charge on any atom is 0.226 e. The molecule has 1 heterocycles. The van der Waals surface area contributed by atoms with Gasteiger partial charge >= 0.3 is 0 Å². The number of hydrogen-bond donors (Lipinski definition) is 1. The van der Waals surface area contributed by atoms with Crippen molar-refractivity contribution in [3.8, 4) is 6.07 Å². The fourth-order valence-corrected chi connectivity index (χ4v) is 6.59. The first-order valence-corrected chi connectivity index (χ1v) is 12.3. The van der Waals surface area contributed by atoms with Gasteiger partial charge in [0.05, 0.1) is 41.3 Å². The van der Waals surface area contributed by atoms with Gasteiger partial charge in [0.1, 0.15) is 5.54 Å². The molecule has 2 aliphatic carbocycles. The van der Waals surface area contributed by atoms with Gasteiger partial charge in [0.2, 0.25) is 11.8 Å². The molecule has 4 rings (SSSR count). The lowest BCUT2D eigenvalue weighted by Gasteiger charge is -2.37. The standard InChI is InChI=1S/C22H27N3O5S/c23-15-22(7-4-8-22)24-20(26)18-13-17(31(28,29)16-5-2-1-3-6-16)14-19(18)21(27)25-9-11-30-12-10-25/h1-3,5-6,17-19H,4,7-14H2,(H,24,26). The predicted octanol–water partition coefficient (Wildman–Crippen LogP) is 1.28. The molecule has 8 nitrogen and oxygen atoms in total. The molecule has 0 radical (unpaired) electrons. The fourth-order valence-electron chi connectivity index (χ4n) is 4.75. The minimum atomic E-state index is -3.68. The summed E-state index contributed by atoms with van der Waals surface area (Å²) < 4.78 is 31.8. The summed E-state index contributed by atoms with van der Waals surface area (Å²) in [6.45, 7) is 1.72. The largest absolute Gasteiger partial charge is 0.378 e. The minimum absolute atomic E-state index is 0.0747. The summed E-state index contributed by atoms with van der Waals surface area (Å²) in [4.78, 5) is 28.3. The molecule has 3 aliphatic rings. The number of carbonyl (C=O) groups is 2. The first kappa shape index (κ1) is 21.8. The molecule has 0 spiro atoms. The van der Waals surface area contributed by atoms with Crippen LogP contribution in [0.1, 0.15) is 32.1 Å². The number of nitrogens with one attached hydrogen (secondary N) is 1. The van der Waals surface area contributed by atoms with Crippen molar-refractivity contribution in [1.82, 2.24) is 10.2 Å². The SMILES string of the molecule is N#CC1(NC(=O)C2CC(S(=O)(=O)c3ccccc3)CC2C(=O)N2CCOCC2)CCC1. The number of sulfone groups is 1. The Morgan fingerprint density at radius 2 is 1.74 bits per heavy atom. The van der Waals surface area contributed by atoms with Gasteiger partial charge in [-0.2, -0.15) is 5.26 Å². The van der Waals surface area contributed by atoms with Gasteiger partial charge in [0, 0.05) is 13.1 Å². The molecular weight excluding hydrogens is 418 g/mol. The van der Waals surface area contributed by atoms with Gasteiger partial charge in [-0.05, 0) is 44.2 Å². The van der Waals surface area contributed by atoms with Crippen LogP contribution in [-0.4, -0.2) is 62.2 Å². The van der Waals surface area contributed by atoms with Crippen LogP contribution in [0.25, 0.3) is 0 Å². The normalized spacial score (nSPS) is 27.7. The zero-order chi connectivity index (χ0) is 22.1. The van der Waals surface area contributed by atoms with E-state index in [1.165, 1.54) is 0 Å². The molecule has 9 heteroatoms. The number of nitriles is 1. The summed E-state index contributed by atoms with van der Waals surface area (Å²) in [7, 11) is -3.68. The molecule has 1 aliphatic heterocycles. The van der Waals surface area contributed by atoms with Crippen molar-refractivity contribution < 1.29 is 22.7 Å². The minimum Gasteiger partial charge on any atom is -0.378 e. The summed E-state index contributed by atoms with van der Waals surface area (Å²) in [5, 5.41) is 11.5. The van der Waals surface area contributed by atoms with Crippen LogP contribution in [0.5, 0.6) is 0 Å². The predicted molar refractivity (Wildman–Crippen MR) is 111 cm³/mol. The van der Waals surface area contributed by atoms with Crippen LogP contribution in [0.3, 0.4) is 0 Å². The molecule has 1 N–H and O–H groups in total. The Morgan fingerprint density at radius 3 is 2.32 bits per heavy atom. The molecule has 2 saturated carbocycles. The topological polar surface area (TPSA) is 117 Å². The molecule has 1 aromatic rings. The highest BCUT2D eigenvalue weighted by atomic mass is 32.2. The molecule has 3 fully saturated rings. The molecule has 3 atom stereocenters. The van der Waals surface area contributed by atoms with E-state index in [0.29, 0.717) is 39.1 Å². The van der Waals surface area contributed by atoms with E-state index in [4.69, 9.17) is 4.74 Å². The van der Waals surface area contributed by atoms with Gasteiger partial charge in [0.15, 0.2) is 9.84 Å². The monoisotopic (exact) mass is 445 g/mol. The van der Waals surface area contributed by atoms with Crippen molar-refractivity contribution in [2.45, 2.75) is 47.8 Å². The van der Waals surface area contributed by atoms with Crippen molar-refractivity contribution >= 4 is 21.7 Å². The molecule has 0 aromatic heterocycles. The lowest BCUT2D eigenvalue weighted by atomic mass is 9.77. The number of hydrogen-bond acceptors (Lipinski definition) is 6. The third-order valence-electron chi connectivity index (χ3n) is 6.79. The number of benzene rings is 1. The number of ether oxygens (including phenoxy) is 1. The van der Waals surface area contributed by atoms with Crippen LogP contribution in [0.4, 0.5) is 0 Å². The number of nitrogens with zero attached hydrogens (tertiary/aromatic N) is 2. The van der Waals surface area contributed by atoms with Crippen molar-refractivity contribution in [2.75, 3.05) is 26.3 Å². The maximum absolute atomic E-state index is 13.3. The summed E-state index contributed by atoms with van der Waals surface area (Å²) in [6, 6.07) is 10.3. The second-order valence-corrected chi connectivity index (χ2v) is 10.9. The van der Waals surface area contributed by atoms with Crippen LogP contribution in [-0.2, 0) is 24.2 Å². The Morgan fingerprint density at radius 1 is 1.10 bits per heavy atom. The summed E-state index contributed by atoms with van der Waals surface area (Å²) in [6.07, 6.45) is 2.20. The van der Waals surface area contributed by atoms with Gasteiger partial charge in [-0.1, -0.05) is 18.2 Å². The van der Waals surface area contributed by atoms with Crippen molar-refractivity contribution in [2.24, 2.45) is 11.8 Å². The average molecular weight is 446 g/mol. The quantitative estimate of drug-likeness (QED) is 0.730. The Balaban J connectivity index is 1.59. The third-order valence-corrected chi connectivity index (χ3v) is 8.98. The highest BCUT2D eigenvalue weighted by Crippen LogP contribution is 2.41. The van der Waals surface area contributed by atoms with Crippen LogP contribution in [0.2, 0.25) is 0 Å². The number of rotatable bonds is 5. The third kappa shape index (κ3) is 4.19. The van der Waals surface area contributed by atoms with E-state index >= 15 is 0 Å². The van der Waals surface area contributed by atoms with E-state index in [2.05, 4.69) is 11.4 Å².